The van der Waals surface area contributed by atoms with E-state index in [0.29, 0.717) is 22.5 Å². The number of amides is 2. The second-order valence-corrected chi connectivity index (χ2v) is 14.3. The Morgan fingerprint density at radius 1 is 0.589 bits per heavy atom. The summed E-state index contributed by atoms with van der Waals surface area (Å²) in [5.41, 5.74) is 11.3. The van der Waals surface area contributed by atoms with Crippen molar-refractivity contribution in [2.75, 3.05) is 10.2 Å². The summed E-state index contributed by atoms with van der Waals surface area (Å²) in [4.78, 5) is 41.4. The third kappa shape index (κ3) is 7.50. The smallest absolute Gasteiger partial charge is 0.221 e. The molecule has 2 aliphatic rings. The zero-order valence-corrected chi connectivity index (χ0v) is 32.3. The molecule has 0 fully saturated rings. The highest BCUT2D eigenvalue weighted by molar-refractivity contribution is 6.40. The lowest BCUT2D eigenvalue weighted by atomic mass is 9.78. The van der Waals surface area contributed by atoms with E-state index in [2.05, 4.69) is 20.1 Å². The van der Waals surface area contributed by atoms with Gasteiger partial charge in [-0.05, 0) is 76.2 Å². The first-order chi connectivity index (χ1) is 26.9. The Morgan fingerprint density at radius 2 is 1.05 bits per heavy atom. The molecule has 8 nitrogen and oxygen atoms in total. The molecule has 0 aromatic heterocycles. The van der Waals surface area contributed by atoms with Crippen molar-refractivity contribution < 1.29 is 19.5 Å². The van der Waals surface area contributed by atoms with Crippen molar-refractivity contribution in [3.8, 4) is 0 Å². The number of ketones is 1. The zero-order valence-electron chi connectivity index (χ0n) is 32.3. The molecule has 3 N–H and O–H groups in total. The van der Waals surface area contributed by atoms with E-state index in [0.717, 1.165) is 56.4 Å². The van der Waals surface area contributed by atoms with Crippen molar-refractivity contribution in [1.82, 2.24) is 9.89 Å². The van der Waals surface area contributed by atoms with Crippen molar-refractivity contribution in [3.63, 3.8) is 0 Å². The molecule has 0 saturated carbocycles. The first-order valence-electron chi connectivity index (χ1n) is 18.4. The number of carbonyl (C=O) groups is 3. The topological polar surface area (TPSA) is 102 Å². The van der Waals surface area contributed by atoms with Crippen molar-refractivity contribution in [2.24, 2.45) is 0 Å². The third-order valence-corrected chi connectivity index (χ3v) is 9.78. The van der Waals surface area contributed by atoms with Crippen LogP contribution in [0.2, 0.25) is 0 Å². The van der Waals surface area contributed by atoms with Gasteiger partial charge in [0.15, 0.2) is 0 Å². The monoisotopic (exact) mass is 739 g/mol. The Balaban J connectivity index is 1.34. The van der Waals surface area contributed by atoms with Crippen molar-refractivity contribution in [2.45, 2.75) is 41.5 Å². The van der Waals surface area contributed by atoms with Gasteiger partial charge in [0.25, 0.3) is 0 Å². The number of carbonyl (C=O) groups excluding carboxylic acids is 3. The number of hydrogen-bond donors (Lipinski definition) is 3. The molecule has 0 atom stereocenters. The summed E-state index contributed by atoms with van der Waals surface area (Å²) >= 11 is 0. The van der Waals surface area contributed by atoms with Gasteiger partial charge in [-0.15, -0.1) is 0 Å². The van der Waals surface area contributed by atoms with Gasteiger partial charge in [0.05, 0.1) is 22.5 Å². The molecular weight excluding hydrogens is 697 g/mol. The maximum atomic E-state index is 14.2. The fourth-order valence-corrected chi connectivity index (χ4v) is 6.94. The largest absolute Gasteiger partial charge is 0.506 e. The van der Waals surface area contributed by atoms with Crippen LogP contribution < -0.4 is 20.1 Å². The number of rotatable bonds is 8. The summed E-state index contributed by atoms with van der Waals surface area (Å²) in [5.74, 6) is -1.29. The van der Waals surface area contributed by atoms with E-state index in [-0.39, 0.29) is 28.7 Å². The number of hydrogen-bond acceptors (Lipinski definition) is 5. The maximum absolute atomic E-state index is 14.2. The SMILES string of the molecule is CC(=O)NC1=CC(=[N+](c2ccc(C)cc2)c2ccc(C)cc2)C=C/C1=C1\C(=O)C(c2ccc(N(c3ccc(C)cc3)c3ccc(C)cc3)cc2NC(C)=O)=C1O. The Bertz CT molecular complexity index is 2460. The molecule has 2 amide bonds. The van der Waals surface area contributed by atoms with Crippen LogP contribution in [-0.4, -0.2) is 28.4 Å². The molecule has 8 heteroatoms. The number of benzene rings is 5. The lowest BCUT2D eigenvalue weighted by Crippen LogP contribution is -2.30. The number of nitrogens with zero attached hydrogens (tertiary/aromatic N) is 2. The van der Waals surface area contributed by atoms with Crippen molar-refractivity contribution in [3.05, 3.63) is 184 Å². The average Bonchev–Trinajstić information content (AvgIpc) is 3.16. The van der Waals surface area contributed by atoms with Crippen molar-refractivity contribution >= 4 is 63.0 Å². The fraction of sp³-hybridized carbons (Fsp3) is 0.125. The second-order valence-electron chi connectivity index (χ2n) is 14.3. The van der Waals surface area contributed by atoms with E-state index < -0.39 is 5.78 Å². The van der Waals surface area contributed by atoms with Gasteiger partial charge in [0.1, 0.15) is 5.76 Å². The van der Waals surface area contributed by atoms with Crippen LogP contribution in [-0.2, 0) is 14.4 Å². The number of Topliss-reactive ketones (excluding diaryl/α,β-unsaturated/α-hetero) is 1. The summed E-state index contributed by atoms with van der Waals surface area (Å²) in [7, 11) is 0. The van der Waals surface area contributed by atoms with Gasteiger partial charge < -0.3 is 20.6 Å². The molecule has 0 bridgehead atoms. The van der Waals surface area contributed by atoms with Crippen molar-refractivity contribution in [1.29, 1.82) is 0 Å². The molecule has 0 spiro atoms. The van der Waals surface area contributed by atoms with Gasteiger partial charge in [-0.3, -0.25) is 14.4 Å². The zero-order chi connectivity index (χ0) is 39.7. The minimum Gasteiger partial charge on any atom is -0.506 e. The molecule has 0 unspecified atom stereocenters. The number of aryl methyl sites for hydroxylation is 4. The van der Waals surface area contributed by atoms with Crippen LogP contribution >= 0.6 is 0 Å². The summed E-state index contributed by atoms with van der Waals surface area (Å²) in [5, 5.41) is 17.5. The third-order valence-electron chi connectivity index (χ3n) is 9.78. The van der Waals surface area contributed by atoms with E-state index in [1.807, 2.05) is 149 Å². The van der Waals surface area contributed by atoms with E-state index in [4.69, 9.17) is 0 Å². The lowest BCUT2D eigenvalue weighted by molar-refractivity contribution is -0.118. The van der Waals surface area contributed by atoms with Gasteiger partial charge >= 0.3 is 0 Å². The number of aliphatic hydroxyl groups excluding tert-OH is 1. The Labute approximate surface area is 327 Å². The molecule has 56 heavy (non-hydrogen) atoms. The van der Waals surface area contributed by atoms with Gasteiger partial charge in [-0.25, -0.2) is 0 Å². The highest BCUT2D eigenvalue weighted by Crippen LogP contribution is 2.45. The molecule has 7 rings (SSSR count). The van der Waals surface area contributed by atoms with Crippen LogP contribution in [0.3, 0.4) is 0 Å². The second kappa shape index (κ2) is 15.4. The van der Waals surface area contributed by atoms with Gasteiger partial charge in [0.2, 0.25) is 34.7 Å². The highest BCUT2D eigenvalue weighted by atomic mass is 16.3. The molecule has 0 aliphatic heterocycles. The van der Waals surface area contributed by atoms with E-state index in [1.165, 1.54) is 13.8 Å². The van der Waals surface area contributed by atoms with Crippen LogP contribution in [0.1, 0.15) is 41.7 Å². The molecule has 0 saturated heterocycles. The fourth-order valence-electron chi connectivity index (χ4n) is 6.94. The summed E-state index contributed by atoms with van der Waals surface area (Å²) < 4.78 is 2.07. The molecule has 0 radical (unpaired) electrons. The highest BCUT2D eigenvalue weighted by Gasteiger charge is 2.40. The van der Waals surface area contributed by atoms with Crippen LogP contribution in [0.5, 0.6) is 0 Å². The summed E-state index contributed by atoms with van der Waals surface area (Å²) in [6, 6.07) is 38.0. The normalized spacial score (nSPS) is 14.9. The van der Waals surface area contributed by atoms with Gasteiger partial charge in [-0.2, -0.15) is 4.58 Å². The molecule has 5 aromatic carbocycles. The summed E-state index contributed by atoms with van der Waals surface area (Å²) in [6.45, 7) is 10.9. The molecular formula is C48H43N4O4+. The van der Waals surface area contributed by atoms with Gasteiger partial charge in [-0.1, -0.05) is 70.8 Å². The number of allylic oxidation sites excluding steroid dienone is 5. The van der Waals surface area contributed by atoms with Crippen LogP contribution in [0.15, 0.2) is 156 Å². The Hall–Kier alpha value is -7.06. The lowest BCUT2D eigenvalue weighted by Gasteiger charge is -2.29. The molecule has 2 aliphatic carbocycles. The van der Waals surface area contributed by atoms with Crippen LogP contribution in [0.4, 0.5) is 34.1 Å². The Kier molecular flexibility index (Phi) is 10.2. The van der Waals surface area contributed by atoms with E-state index in [9.17, 15) is 19.5 Å². The molecule has 5 aromatic rings. The van der Waals surface area contributed by atoms with Crippen LogP contribution in [0.25, 0.3) is 5.57 Å². The minimum atomic E-state index is -0.413. The predicted molar refractivity (Wildman–Crippen MR) is 226 cm³/mol. The standard InChI is InChI=1S/C48H42N4O4/c1-29-7-15-35(16-8-29)51(36-17-9-30(2)10-18-36)39-23-25-41(43(27-39)49-33(5)53)45-47(55)46(48(45)56)42-26-24-40(28-44(42)50-34(6)54)52(37-19-11-31(3)12-20-37)38-21-13-32(4)14-22-38/h7-28H,1-6H3,(H2,49,50,53,54,55,56)/p+1. The average molecular weight is 740 g/mol. The van der Waals surface area contributed by atoms with E-state index >= 15 is 0 Å². The van der Waals surface area contributed by atoms with Crippen LogP contribution in [0, 0.1) is 27.7 Å². The molecule has 0 heterocycles. The van der Waals surface area contributed by atoms with E-state index in [1.54, 1.807) is 12.1 Å². The maximum Gasteiger partial charge on any atom is 0.221 e. The first-order valence-corrected chi connectivity index (χ1v) is 18.4. The molecule has 278 valence electrons. The number of anilines is 4. The first kappa shape index (κ1) is 37.3. The Morgan fingerprint density at radius 3 is 1.52 bits per heavy atom. The predicted octanol–water partition coefficient (Wildman–Crippen LogP) is 10.1. The summed E-state index contributed by atoms with van der Waals surface area (Å²) in [6.07, 6.45) is 5.42. The quantitative estimate of drug-likeness (QED) is 0.109. The van der Waals surface area contributed by atoms with Gasteiger partial charge in [0, 0.05) is 78.5 Å². The minimum absolute atomic E-state index is 0.0753. The number of nitrogens with one attached hydrogen (secondary N) is 2. The number of aliphatic hydroxyl groups is 1.